The monoisotopic (exact) mass is 278 g/mol. The van der Waals surface area contributed by atoms with Crippen molar-refractivity contribution < 1.29 is 18.8 Å². The number of aromatic nitrogens is 1. The number of anilines is 1. The van der Waals surface area contributed by atoms with Gasteiger partial charge in [0.15, 0.2) is 6.10 Å². The smallest absolute Gasteiger partial charge is 0.310 e. The van der Waals surface area contributed by atoms with Crippen LogP contribution in [-0.2, 0) is 14.3 Å². The maximum atomic E-state index is 11.9. The number of hydrogen-bond acceptors (Lipinski definition) is 5. The van der Waals surface area contributed by atoms with E-state index in [-0.39, 0.29) is 17.8 Å². The number of allylic oxidation sites excluding steroid dienone is 2. The van der Waals surface area contributed by atoms with E-state index in [2.05, 4.69) is 10.5 Å². The minimum atomic E-state index is -0.862. The Labute approximate surface area is 117 Å². The van der Waals surface area contributed by atoms with Crippen molar-refractivity contribution in [3.05, 3.63) is 23.9 Å². The first kappa shape index (κ1) is 14.3. The summed E-state index contributed by atoms with van der Waals surface area (Å²) >= 11 is 0. The predicted octanol–water partition coefficient (Wildman–Crippen LogP) is 2.21. The molecule has 6 heteroatoms. The van der Waals surface area contributed by atoms with Crippen molar-refractivity contribution >= 4 is 17.8 Å². The fourth-order valence-corrected chi connectivity index (χ4v) is 1.98. The van der Waals surface area contributed by atoms with Gasteiger partial charge in [-0.3, -0.25) is 14.9 Å². The van der Waals surface area contributed by atoms with Crippen molar-refractivity contribution in [2.45, 2.75) is 39.2 Å². The number of carbonyl (C=O) groups is 2. The van der Waals surface area contributed by atoms with Crippen LogP contribution in [-0.4, -0.2) is 23.1 Å². The second kappa shape index (κ2) is 6.36. The van der Waals surface area contributed by atoms with E-state index in [4.69, 9.17) is 9.26 Å². The SMILES string of the molecule is Cc1cc(NC(=O)[C@H](C)OC(=O)[C@H]2CC=CCC2)on1. The zero-order valence-corrected chi connectivity index (χ0v) is 11.6. The normalized spacial score (nSPS) is 19.4. The highest BCUT2D eigenvalue weighted by Crippen LogP contribution is 2.20. The van der Waals surface area contributed by atoms with E-state index < -0.39 is 12.0 Å². The van der Waals surface area contributed by atoms with Crippen LogP contribution in [0.1, 0.15) is 31.9 Å². The van der Waals surface area contributed by atoms with Crippen LogP contribution < -0.4 is 5.32 Å². The maximum absolute atomic E-state index is 11.9. The summed E-state index contributed by atoms with van der Waals surface area (Å²) in [5.41, 5.74) is 0.666. The highest BCUT2D eigenvalue weighted by atomic mass is 16.5. The van der Waals surface area contributed by atoms with Gasteiger partial charge < -0.3 is 9.26 Å². The summed E-state index contributed by atoms with van der Waals surface area (Å²) in [5.74, 6) is -0.662. The van der Waals surface area contributed by atoms with E-state index in [0.717, 1.165) is 12.8 Å². The lowest BCUT2D eigenvalue weighted by atomic mass is 9.95. The van der Waals surface area contributed by atoms with Gasteiger partial charge in [0, 0.05) is 6.07 Å². The van der Waals surface area contributed by atoms with E-state index in [1.807, 2.05) is 12.2 Å². The van der Waals surface area contributed by atoms with Gasteiger partial charge in [-0.1, -0.05) is 17.3 Å². The molecule has 0 radical (unpaired) electrons. The van der Waals surface area contributed by atoms with Gasteiger partial charge in [-0.05, 0) is 33.1 Å². The first-order chi connectivity index (χ1) is 9.56. The Hall–Kier alpha value is -2.11. The highest BCUT2D eigenvalue weighted by molar-refractivity contribution is 5.94. The number of nitrogens with zero attached hydrogens (tertiary/aromatic N) is 1. The molecule has 0 aliphatic heterocycles. The van der Waals surface area contributed by atoms with Crippen molar-refractivity contribution in [2.24, 2.45) is 5.92 Å². The minimum Gasteiger partial charge on any atom is -0.452 e. The average molecular weight is 278 g/mol. The molecule has 1 heterocycles. The molecule has 2 rings (SSSR count). The average Bonchev–Trinajstić information content (AvgIpc) is 2.85. The molecule has 0 saturated heterocycles. The maximum Gasteiger partial charge on any atom is 0.310 e. The summed E-state index contributed by atoms with van der Waals surface area (Å²) in [6.07, 6.45) is 5.47. The van der Waals surface area contributed by atoms with Crippen LogP contribution in [0.2, 0.25) is 0 Å². The summed E-state index contributed by atoms with van der Waals surface area (Å²) in [5, 5.41) is 6.17. The lowest BCUT2D eigenvalue weighted by Gasteiger charge is -2.19. The first-order valence-corrected chi connectivity index (χ1v) is 6.66. The second-order valence-corrected chi connectivity index (χ2v) is 4.88. The topological polar surface area (TPSA) is 81.4 Å². The Kier molecular flexibility index (Phi) is 4.55. The molecule has 0 fully saturated rings. The zero-order chi connectivity index (χ0) is 14.5. The van der Waals surface area contributed by atoms with Crippen LogP contribution in [0.25, 0.3) is 0 Å². The largest absolute Gasteiger partial charge is 0.452 e. The van der Waals surface area contributed by atoms with E-state index in [0.29, 0.717) is 12.1 Å². The van der Waals surface area contributed by atoms with Gasteiger partial charge in [-0.15, -0.1) is 0 Å². The van der Waals surface area contributed by atoms with E-state index in [9.17, 15) is 9.59 Å². The van der Waals surface area contributed by atoms with Crippen LogP contribution in [0.5, 0.6) is 0 Å². The van der Waals surface area contributed by atoms with Gasteiger partial charge in [-0.25, -0.2) is 0 Å². The number of hydrogen-bond donors (Lipinski definition) is 1. The standard InChI is InChI=1S/C14H18N2O4/c1-9-8-12(20-16-9)15-13(17)10(2)19-14(18)11-6-4-3-5-7-11/h3-4,8,10-11H,5-7H2,1-2H3,(H,15,17)/t10-,11-/m0/s1. The van der Waals surface area contributed by atoms with Gasteiger partial charge in [-0.2, -0.15) is 0 Å². The second-order valence-electron chi connectivity index (χ2n) is 4.88. The van der Waals surface area contributed by atoms with Crippen molar-refractivity contribution in [1.29, 1.82) is 0 Å². The Bertz CT molecular complexity index is 521. The fourth-order valence-electron chi connectivity index (χ4n) is 1.98. The van der Waals surface area contributed by atoms with Gasteiger partial charge in [0.2, 0.25) is 5.88 Å². The Morgan fingerprint density at radius 1 is 1.50 bits per heavy atom. The van der Waals surface area contributed by atoms with Gasteiger partial charge in [0.25, 0.3) is 5.91 Å². The molecule has 1 aromatic rings. The molecule has 1 aromatic heterocycles. The number of rotatable bonds is 4. The number of carbonyl (C=O) groups excluding carboxylic acids is 2. The number of nitrogens with one attached hydrogen (secondary N) is 1. The van der Waals surface area contributed by atoms with Crippen LogP contribution in [0, 0.1) is 12.8 Å². The van der Waals surface area contributed by atoms with Crippen molar-refractivity contribution in [1.82, 2.24) is 5.16 Å². The summed E-state index contributed by atoms with van der Waals surface area (Å²) < 4.78 is 10.1. The third kappa shape index (κ3) is 3.69. The fraction of sp³-hybridized carbons (Fsp3) is 0.500. The number of aryl methyl sites for hydroxylation is 1. The highest BCUT2D eigenvalue weighted by Gasteiger charge is 2.25. The Morgan fingerprint density at radius 3 is 2.90 bits per heavy atom. The van der Waals surface area contributed by atoms with Crippen LogP contribution in [0.4, 0.5) is 5.88 Å². The molecule has 0 unspecified atom stereocenters. The van der Waals surface area contributed by atoms with Crippen LogP contribution >= 0.6 is 0 Å². The summed E-state index contributed by atoms with van der Waals surface area (Å²) in [6.45, 7) is 3.29. The molecule has 1 aliphatic carbocycles. The van der Waals surface area contributed by atoms with Crippen LogP contribution in [0.3, 0.4) is 0 Å². The molecule has 0 spiro atoms. The lowest BCUT2D eigenvalue weighted by Crippen LogP contribution is -2.32. The molecule has 0 aromatic carbocycles. The molecule has 108 valence electrons. The number of esters is 1. The summed E-state index contributed by atoms with van der Waals surface area (Å²) in [7, 11) is 0. The quantitative estimate of drug-likeness (QED) is 0.674. The van der Waals surface area contributed by atoms with E-state index in [1.54, 1.807) is 13.0 Å². The minimum absolute atomic E-state index is 0.150. The third-order valence-corrected chi connectivity index (χ3v) is 3.14. The molecule has 1 amide bonds. The first-order valence-electron chi connectivity index (χ1n) is 6.66. The van der Waals surface area contributed by atoms with Gasteiger partial charge >= 0.3 is 5.97 Å². The van der Waals surface area contributed by atoms with Crippen molar-refractivity contribution in [3.8, 4) is 0 Å². The lowest BCUT2D eigenvalue weighted by molar-refractivity contribution is -0.157. The van der Waals surface area contributed by atoms with E-state index in [1.165, 1.54) is 6.92 Å². The predicted molar refractivity (Wildman–Crippen MR) is 71.9 cm³/mol. The third-order valence-electron chi connectivity index (χ3n) is 3.14. The molecular weight excluding hydrogens is 260 g/mol. The number of ether oxygens (including phenoxy) is 1. The Balaban J connectivity index is 1.84. The van der Waals surface area contributed by atoms with Crippen molar-refractivity contribution in [2.75, 3.05) is 5.32 Å². The molecule has 0 bridgehead atoms. The Morgan fingerprint density at radius 2 is 2.30 bits per heavy atom. The molecule has 1 aliphatic rings. The number of amides is 1. The zero-order valence-electron chi connectivity index (χ0n) is 11.6. The molecule has 6 nitrogen and oxygen atoms in total. The molecule has 20 heavy (non-hydrogen) atoms. The van der Waals surface area contributed by atoms with Crippen LogP contribution in [0.15, 0.2) is 22.7 Å². The summed E-state index contributed by atoms with van der Waals surface area (Å²) in [4.78, 5) is 23.7. The molecule has 2 atom stereocenters. The molecule has 1 N–H and O–H groups in total. The van der Waals surface area contributed by atoms with Crippen molar-refractivity contribution in [3.63, 3.8) is 0 Å². The summed E-state index contributed by atoms with van der Waals surface area (Å²) in [6, 6.07) is 1.60. The molecular formula is C14H18N2O4. The van der Waals surface area contributed by atoms with E-state index >= 15 is 0 Å². The van der Waals surface area contributed by atoms with Gasteiger partial charge in [0.05, 0.1) is 11.6 Å². The molecule has 0 saturated carbocycles. The van der Waals surface area contributed by atoms with Gasteiger partial charge in [0.1, 0.15) is 0 Å².